The normalized spacial score (nSPS) is 14.6. The van der Waals surface area contributed by atoms with Crippen molar-refractivity contribution >= 4 is 5.91 Å². The first-order chi connectivity index (χ1) is 13.4. The zero-order chi connectivity index (χ0) is 20.1. The second-order valence-electron chi connectivity index (χ2n) is 7.14. The van der Waals surface area contributed by atoms with Crippen molar-refractivity contribution in [3.05, 3.63) is 70.8 Å². The number of nitriles is 1. The van der Waals surface area contributed by atoms with Gasteiger partial charge in [-0.05, 0) is 48.2 Å². The molecule has 0 spiro atoms. The Bertz CT molecular complexity index is 863. The van der Waals surface area contributed by atoms with E-state index in [1.54, 1.807) is 35.2 Å². The molecular formula is C22H21F3N2O. The molecule has 0 heterocycles. The lowest BCUT2D eigenvalue weighted by molar-refractivity contribution is -0.137. The fourth-order valence-corrected chi connectivity index (χ4v) is 3.65. The SMILES string of the molecule is N#Cc1ccc(CC(=O)N(Cc2cccc(C(F)(F)F)c2)C2CCCC2)cc1. The molecule has 1 aliphatic carbocycles. The van der Waals surface area contributed by atoms with Gasteiger partial charge in [-0.25, -0.2) is 0 Å². The minimum Gasteiger partial charge on any atom is -0.335 e. The van der Waals surface area contributed by atoms with Gasteiger partial charge in [-0.1, -0.05) is 37.1 Å². The summed E-state index contributed by atoms with van der Waals surface area (Å²) in [5.74, 6) is -0.103. The summed E-state index contributed by atoms with van der Waals surface area (Å²) in [7, 11) is 0. The van der Waals surface area contributed by atoms with Gasteiger partial charge >= 0.3 is 6.18 Å². The lowest BCUT2D eigenvalue weighted by Crippen LogP contribution is -2.39. The lowest BCUT2D eigenvalue weighted by Gasteiger charge is -2.29. The molecule has 0 aliphatic heterocycles. The van der Waals surface area contributed by atoms with Gasteiger partial charge < -0.3 is 4.90 Å². The first kappa shape index (κ1) is 19.9. The Hall–Kier alpha value is -2.81. The Morgan fingerprint density at radius 2 is 1.75 bits per heavy atom. The van der Waals surface area contributed by atoms with E-state index in [0.717, 1.165) is 43.4 Å². The number of carbonyl (C=O) groups excluding carboxylic acids is 1. The summed E-state index contributed by atoms with van der Waals surface area (Å²) in [6, 6.07) is 14.1. The molecule has 2 aromatic carbocycles. The Balaban J connectivity index is 1.79. The summed E-state index contributed by atoms with van der Waals surface area (Å²) in [4.78, 5) is 14.7. The van der Waals surface area contributed by atoms with E-state index in [0.29, 0.717) is 11.1 Å². The summed E-state index contributed by atoms with van der Waals surface area (Å²) in [6.07, 6.45) is -0.445. The maximum absolute atomic E-state index is 13.0. The Morgan fingerprint density at radius 1 is 1.07 bits per heavy atom. The Morgan fingerprint density at radius 3 is 2.36 bits per heavy atom. The van der Waals surface area contributed by atoms with Crippen LogP contribution in [0.3, 0.4) is 0 Å². The third-order valence-electron chi connectivity index (χ3n) is 5.13. The highest BCUT2D eigenvalue weighted by Gasteiger charge is 2.31. The lowest BCUT2D eigenvalue weighted by atomic mass is 10.1. The van der Waals surface area contributed by atoms with Crippen LogP contribution in [0.5, 0.6) is 0 Å². The number of rotatable bonds is 5. The number of halogens is 3. The Kier molecular flexibility index (Phi) is 6.03. The fourth-order valence-electron chi connectivity index (χ4n) is 3.65. The highest BCUT2D eigenvalue weighted by Crippen LogP contribution is 2.31. The van der Waals surface area contributed by atoms with Crippen LogP contribution in [-0.2, 0) is 23.9 Å². The molecule has 1 fully saturated rings. The maximum atomic E-state index is 13.0. The van der Waals surface area contributed by atoms with Gasteiger partial charge in [0.25, 0.3) is 0 Å². The maximum Gasteiger partial charge on any atom is 0.416 e. The van der Waals surface area contributed by atoms with Crippen molar-refractivity contribution in [1.82, 2.24) is 4.90 Å². The second kappa shape index (κ2) is 8.47. The summed E-state index contributed by atoms with van der Waals surface area (Å²) in [5.41, 5.74) is 1.09. The van der Waals surface area contributed by atoms with E-state index in [9.17, 15) is 18.0 Å². The van der Waals surface area contributed by atoms with Crippen LogP contribution in [0.4, 0.5) is 13.2 Å². The van der Waals surface area contributed by atoms with E-state index in [1.807, 2.05) is 6.07 Å². The molecule has 6 heteroatoms. The predicted octanol–water partition coefficient (Wildman–Crippen LogP) is 5.09. The molecule has 3 rings (SSSR count). The highest BCUT2D eigenvalue weighted by atomic mass is 19.4. The third kappa shape index (κ3) is 4.92. The fraction of sp³-hybridized carbons (Fsp3) is 0.364. The van der Waals surface area contributed by atoms with Crippen LogP contribution in [0.25, 0.3) is 0 Å². The number of hydrogen-bond donors (Lipinski definition) is 0. The van der Waals surface area contributed by atoms with Gasteiger partial charge in [-0.15, -0.1) is 0 Å². The first-order valence-corrected chi connectivity index (χ1v) is 9.31. The standard InChI is InChI=1S/C22H21F3N2O/c23-22(24,25)19-5-3-4-18(12-19)15-27(20-6-1-2-7-20)21(28)13-16-8-10-17(14-26)11-9-16/h3-5,8-12,20H,1-2,6-7,13,15H2. The van der Waals surface area contributed by atoms with Gasteiger partial charge in [-0.3, -0.25) is 4.79 Å². The van der Waals surface area contributed by atoms with Crippen molar-refractivity contribution < 1.29 is 18.0 Å². The molecule has 1 amide bonds. The number of hydrogen-bond acceptors (Lipinski definition) is 2. The van der Waals surface area contributed by atoms with Crippen LogP contribution in [0.15, 0.2) is 48.5 Å². The molecule has 2 aromatic rings. The van der Waals surface area contributed by atoms with E-state index in [1.165, 1.54) is 6.07 Å². The average molecular weight is 386 g/mol. The molecule has 0 saturated heterocycles. The van der Waals surface area contributed by atoms with Crippen LogP contribution < -0.4 is 0 Å². The summed E-state index contributed by atoms with van der Waals surface area (Å²) >= 11 is 0. The van der Waals surface area contributed by atoms with E-state index in [2.05, 4.69) is 0 Å². The zero-order valence-electron chi connectivity index (χ0n) is 15.4. The number of carbonyl (C=O) groups is 1. The van der Waals surface area contributed by atoms with E-state index in [4.69, 9.17) is 5.26 Å². The number of nitrogens with zero attached hydrogens (tertiary/aromatic N) is 2. The highest BCUT2D eigenvalue weighted by molar-refractivity contribution is 5.79. The molecule has 0 radical (unpaired) electrons. The Labute approximate surface area is 162 Å². The minimum atomic E-state index is -4.40. The van der Waals surface area contributed by atoms with Crippen molar-refractivity contribution in [2.24, 2.45) is 0 Å². The van der Waals surface area contributed by atoms with Crippen molar-refractivity contribution in [3.8, 4) is 6.07 Å². The molecule has 1 aliphatic rings. The van der Waals surface area contributed by atoms with Crippen molar-refractivity contribution in [1.29, 1.82) is 5.26 Å². The van der Waals surface area contributed by atoms with E-state index < -0.39 is 11.7 Å². The molecule has 0 N–H and O–H groups in total. The monoisotopic (exact) mass is 386 g/mol. The molecule has 0 unspecified atom stereocenters. The summed E-state index contributed by atoms with van der Waals surface area (Å²) in [6.45, 7) is 0.170. The van der Waals surface area contributed by atoms with Crippen molar-refractivity contribution in [2.75, 3.05) is 0 Å². The smallest absolute Gasteiger partial charge is 0.335 e. The van der Waals surface area contributed by atoms with Gasteiger partial charge in [0.05, 0.1) is 23.6 Å². The third-order valence-corrected chi connectivity index (χ3v) is 5.13. The van der Waals surface area contributed by atoms with Crippen molar-refractivity contribution in [2.45, 2.75) is 50.9 Å². The topological polar surface area (TPSA) is 44.1 Å². The first-order valence-electron chi connectivity index (χ1n) is 9.31. The van der Waals surface area contributed by atoms with Crippen LogP contribution in [0.1, 0.15) is 47.9 Å². The van der Waals surface area contributed by atoms with E-state index >= 15 is 0 Å². The van der Waals surface area contributed by atoms with Crippen LogP contribution in [-0.4, -0.2) is 16.8 Å². The number of alkyl halides is 3. The largest absolute Gasteiger partial charge is 0.416 e. The summed E-state index contributed by atoms with van der Waals surface area (Å²) < 4.78 is 39.0. The predicted molar refractivity (Wildman–Crippen MR) is 99.1 cm³/mol. The number of amides is 1. The molecule has 28 heavy (non-hydrogen) atoms. The number of benzene rings is 2. The van der Waals surface area contributed by atoms with Crippen LogP contribution >= 0.6 is 0 Å². The van der Waals surface area contributed by atoms with Gasteiger partial charge in [0.15, 0.2) is 0 Å². The molecule has 0 aromatic heterocycles. The quantitative estimate of drug-likeness (QED) is 0.718. The van der Waals surface area contributed by atoms with E-state index in [-0.39, 0.29) is 24.9 Å². The zero-order valence-corrected chi connectivity index (χ0v) is 15.4. The van der Waals surface area contributed by atoms with Crippen molar-refractivity contribution in [3.63, 3.8) is 0 Å². The molecule has 146 valence electrons. The molecule has 0 atom stereocenters. The van der Waals surface area contributed by atoms with Gasteiger partial charge in [-0.2, -0.15) is 18.4 Å². The van der Waals surface area contributed by atoms with Gasteiger partial charge in [0, 0.05) is 12.6 Å². The van der Waals surface area contributed by atoms with Gasteiger partial charge in [0.2, 0.25) is 5.91 Å². The molecule has 3 nitrogen and oxygen atoms in total. The van der Waals surface area contributed by atoms with Gasteiger partial charge in [0.1, 0.15) is 0 Å². The van der Waals surface area contributed by atoms with Crippen LogP contribution in [0.2, 0.25) is 0 Å². The van der Waals surface area contributed by atoms with Crippen LogP contribution in [0, 0.1) is 11.3 Å². The minimum absolute atomic E-state index is 0.0559. The second-order valence-corrected chi connectivity index (χ2v) is 7.14. The summed E-state index contributed by atoms with van der Waals surface area (Å²) in [5, 5.41) is 8.88. The molecule has 0 bridgehead atoms. The molecular weight excluding hydrogens is 365 g/mol. The average Bonchev–Trinajstić information content (AvgIpc) is 3.20. The molecule has 1 saturated carbocycles.